The molecule has 12 heavy (non-hydrogen) atoms. The summed E-state index contributed by atoms with van der Waals surface area (Å²) in [6.45, 7) is 4.37. The summed E-state index contributed by atoms with van der Waals surface area (Å²) in [5.74, 6) is 0.849. The molecule has 66 valence electrons. The molecule has 0 amide bonds. The summed E-state index contributed by atoms with van der Waals surface area (Å²) in [6, 6.07) is 0. The van der Waals surface area contributed by atoms with Crippen molar-refractivity contribution in [3.8, 4) is 0 Å². The van der Waals surface area contributed by atoms with Crippen LogP contribution in [0.5, 0.6) is 0 Å². The van der Waals surface area contributed by atoms with Gasteiger partial charge in [0.1, 0.15) is 0 Å². The Hall–Kier alpha value is -0.740. The molecule has 0 atom stereocenters. The first-order chi connectivity index (χ1) is 5.74. The zero-order chi connectivity index (χ0) is 8.97. The molecule has 0 unspecified atom stereocenters. The molecule has 0 aromatic carbocycles. The number of hydrogen-bond acceptors (Lipinski definition) is 3. The van der Waals surface area contributed by atoms with Crippen molar-refractivity contribution in [2.24, 2.45) is 12.8 Å². The third kappa shape index (κ3) is 2.39. The van der Waals surface area contributed by atoms with Crippen molar-refractivity contribution in [2.45, 2.75) is 5.16 Å². The van der Waals surface area contributed by atoms with Crippen LogP contribution in [0.4, 0.5) is 0 Å². The minimum absolute atomic E-state index is 0.553. The van der Waals surface area contributed by atoms with Gasteiger partial charge in [-0.25, -0.2) is 4.98 Å². The predicted molar refractivity (Wildman–Crippen MR) is 52.1 cm³/mol. The third-order valence-corrected chi connectivity index (χ3v) is 2.68. The van der Waals surface area contributed by atoms with E-state index in [0.717, 1.165) is 16.5 Å². The third-order valence-electron chi connectivity index (χ3n) is 1.47. The van der Waals surface area contributed by atoms with Crippen molar-refractivity contribution >= 4 is 11.8 Å². The van der Waals surface area contributed by atoms with Crippen LogP contribution in [0.3, 0.4) is 0 Å². The van der Waals surface area contributed by atoms with Gasteiger partial charge in [-0.1, -0.05) is 23.9 Å². The lowest BCUT2D eigenvalue weighted by Crippen LogP contribution is -2.04. The van der Waals surface area contributed by atoms with E-state index in [0.29, 0.717) is 6.54 Å². The highest BCUT2D eigenvalue weighted by Gasteiger charge is 1.99. The fraction of sp³-hybridized carbons (Fsp3) is 0.375. The fourth-order valence-corrected chi connectivity index (χ4v) is 1.57. The lowest BCUT2D eigenvalue weighted by Gasteiger charge is -2.01. The van der Waals surface area contributed by atoms with E-state index < -0.39 is 0 Å². The number of imidazole rings is 1. The highest BCUT2D eigenvalue weighted by atomic mass is 32.2. The first kappa shape index (κ1) is 9.35. The summed E-state index contributed by atoms with van der Waals surface area (Å²) in [4.78, 5) is 4.17. The molecule has 0 radical (unpaired) electrons. The van der Waals surface area contributed by atoms with E-state index in [1.54, 1.807) is 18.0 Å². The van der Waals surface area contributed by atoms with Crippen LogP contribution in [-0.4, -0.2) is 21.8 Å². The minimum Gasteiger partial charge on any atom is -0.329 e. The normalized spacial score (nSPS) is 10.2. The largest absolute Gasteiger partial charge is 0.329 e. The van der Waals surface area contributed by atoms with Crippen LogP contribution in [0.25, 0.3) is 0 Å². The monoisotopic (exact) mass is 183 g/mol. The summed E-state index contributed by atoms with van der Waals surface area (Å²) in [6.07, 6.45) is 3.71. The molecule has 1 aromatic heterocycles. The molecule has 0 bridgehead atoms. The Kier molecular flexibility index (Phi) is 3.37. The molecule has 0 aliphatic heterocycles. The van der Waals surface area contributed by atoms with Crippen molar-refractivity contribution in [1.29, 1.82) is 0 Å². The molecule has 0 saturated heterocycles. The molecular weight excluding hydrogens is 170 g/mol. The van der Waals surface area contributed by atoms with Crippen LogP contribution >= 0.6 is 11.8 Å². The van der Waals surface area contributed by atoms with Crippen molar-refractivity contribution in [3.63, 3.8) is 0 Å². The smallest absolute Gasteiger partial charge is 0.167 e. The van der Waals surface area contributed by atoms with Crippen molar-refractivity contribution in [2.75, 3.05) is 12.3 Å². The summed E-state index contributed by atoms with van der Waals surface area (Å²) < 4.78 is 1.98. The Morgan fingerprint density at radius 3 is 3.08 bits per heavy atom. The topological polar surface area (TPSA) is 43.8 Å². The van der Waals surface area contributed by atoms with Crippen LogP contribution in [0, 0.1) is 0 Å². The average molecular weight is 183 g/mol. The molecule has 0 saturated carbocycles. The molecule has 1 aromatic rings. The Morgan fingerprint density at radius 2 is 2.58 bits per heavy atom. The summed E-state index contributed by atoms with van der Waals surface area (Å²) >= 11 is 1.66. The number of aromatic nitrogens is 2. The lowest BCUT2D eigenvalue weighted by atomic mass is 10.4. The Morgan fingerprint density at radius 1 is 1.83 bits per heavy atom. The van der Waals surface area contributed by atoms with E-state index in [9.17, 15) is 0 Å². The molecular formula is C8H13N3S. The van der Waals surface area contributed by atoms with Crippen molar-refractivity contribution in [3.05, 3.63) is 24.5 Å². The van der Waals surface area contributed by atoms with Gasteiger partial charge in [-0.3, -0.25) is 0 Å². The Bertz CT molecular complexity index is 267. The number of hydrogen-bond donors (Lipinski definition) is 1. The Labute approximate surface area is 76.7 Å². The first-order valence-electron chi connectivity index (χ1n) is 3.71. The molecule has 4 heteroatoms. The van der Waals surface area contributed by atoms with Crippen LogP contribution in [0.1, 0.15) is 0 Å². The molecule has 0 fully saturated rings. The van der Waals surface area contributed by atoms with Crippen LogP contribution in [0.2, 0.25) is 0 Å². The van der Waals surface area contributed by atoms with Gasteiger partial charge in [-0.15, -0.1) is 0 Å². The van der Waals surface area contributed by atoms with E-state index in [-0.39, 0.29) is 0 Å². The second-order valence-electron chi connectivity index (χ2n) is 2.56. The van der Waals surface area contributed by atoms with E-state index >= 15 is 0 Å². The number of nitrogens with zero attached hydrogens (tertiary/aromatic N) is 2. The first-order valence-corrected chi connectivity index (χ1v) is 4.69. The molecule has 1 rings (SSSR count). The zero-order valence-electron chi connectivity index (χ0n) is 7.16. The van der Waals surface area contributed by atoms with Gasteiger partial charge in [0, 0.05) is 31.7 Å². The van der Waals surface area contributed by atoms with Gasteiger partial charge in [0.25, 0.3) is 0 Å². The zero-order valence-corrected chi connectivity index (χ0v) is 7.97. The van der Waals surface area contributed by atoms with Crippen molar-refractivity contribution in [1.82, 2.24) is 9.55 Å². The second-order valence-corrected chi connectivity index (χ2v) is 3.51. The van der Waals surface area contributed by atoms with Crippen LogP contribution < -0.4 is 5.73 Å². The quantitative estimate of drug-likeness (QED) is 0.560. The molecule has 1 heterocycles. The van der Waals surface area contributed by atoms with Crippen molar-refractivity contribution < 1.29 is 0 Å². The van der Waals surface area contributed by atoms with Gasteiger partial charge in [-0.2, -0.15) is 0 Å². The fourth-order valence-electron chi connectivity index (χ4n) is 0.717. The second kappa shape index (κ2) is 4.33. The average Bonchev–Trinajstić information content (AvgIpc) is 2.47. The maximum atomic E-state index is 5.41. The van der Waals surface area contributed by atoms with Gasteiger partial charge in [0.2, 0.25) is 0 Å². The Balaban J connectivity index is 2.43. The molecule has 0 aliphatic rings. The van der Waals surface area contributed by atoms with Gasteiger partial charge >= 0.3 is 0 Å². The van der Waals surface area contributed by atoms with Gasteiger partial charge in [0.05, 0.1) is 0 Å². The minimum atomic E-state index is 0.553. The number of nitrogens with two attached hydrogens (primary N) is 1. The lowest BCUT2D eigenvalue weighted by molar-refractivity contribution is 0.790. The standard InChI is InChI=1S/C8H13N3S/c1-7(5-9)6-12-8-10-3-4-11(8)2/h3-4H,1,5-6,9H2,2H3. The van der Waals surface area contributed by atoms with Gasteiger partial charge in [-0.05, 0) is 0 Å². The van der Waals surface area contributed by atoms with Gasteiger partial charge in [0.15, 0.2) is 5.16 Å². The predicted octanol–water partition coefficient (Wildman–Crippen LogP) is 1.03. The number of rotatable bonds is 4. The maximum Gasteiger partial charge on any atom is 0.167 e. The van der Waals surface area contributed by atoms with E-state index in [4.69, 9.17) is 5.73 Å². The summed E-state index contributed by atoms with van der Waals surface area (Å²) in [5.41, 5.74) is 6.45. The van der Waals surface area contributed by atoms with E-state index in [1.807, 2.05) is 17.8 Å². The summed E-state index contributed by atoms with van der Waals surface area (Å²) in [5, 5.41) is 1.00. The SMILES string of the molecule is C=C(CN)CSc1nccn1C. The van der Waals surface area contributed by atoms with Crippen LogP contribution in [-0.2, 0) is 7.05 Å². The van der Waals surface area contributed by atoms with E-state index in [2.05, 4.69) is 11.6 Å². The molecule has 0 aliphatic carbocycles. The highest BCUT2D eigenvalue weighted by Crippen LogP contribution is 2.16. The maximum absolute atomic E-state index is 5.41. The highest BCUT2D eigenvalue weighted by molar-refractivity contribution is 7.99. The van der Waals surface area contributed by atoms with Gasteiger partial charge < -0.3 is 10.3 Å². The van der Waals surface area contributed by atoms with Crippen LogP contribution in [0.15, 0.2) is 29.7 Å². The van der Waals surface area contributed by atoms with E-state index in [1.165, 1.54) is 0 Å². The molecule has 2 N–H and O–H groups in total. The number of aryl methyl sites for hydroxylation is 1. The number of thioether (sulfide) groups is 1. The molecule has 0 spiro atoms. The molecule has 3 nitrogen and oxygen atoms in total. The summed E-state index contributed by atoms with van der Waals surface area (Å²) in [7, 11) is 1.97.